The van der Waals surface area contributed by atoms with Gasteiger partial charge in [-0.1, -0.05) is 0 Å². The zero-order chi connectivity index (χ0) is 13.2. The summed E-state index contributed by atoms with van der Waals surface area (Å²) in [6.07, 6.45) is -0.159. The molecule has 1 saturated heterocycles. The number of likely N-dealkylation sites (tertiary alicyclic amines) is 1. The zero-order valence-corrected chi connectivity index (χ0v) is 10.7. The highest BCUT2D eigenvalue weighted by Gasteiger charge is 2.40. The van der Waals surface area contributed by atoms with E-state index in [1.807, 2.05) is 0 Å². The van der Waals surface area contributed by atoms with Crippen molar-refractivity contribution >= 4 is 12.1 Å². The van der Waals surface area contributed by atoms with E-state index in [4.69, 9.17) is 9.84 Å². The van der Waals surface area contributed by atoms with Crippen molar-refractivity contribution < 1.29 is 19.4 Å². The topological polar surface area (TPSA) is 78.9 Å². The maximum atomic E-state index is 11.8. The lowest BCUT2D eigenvalue weighted by molar-refractivity contribution is -0.142. The Balaban J connectivity index is 2.73. The number of hydrogen-bond acceptors (Lipinski definition) is 4. The number of rotatable bonds is 2. The molecule has 1 aliphatic heterocycles. The fourth-order valence-electron chi connectivity index (χ4n) is 1.80. The second-order valence-electron chi connectivity index (χ2n) is 5.21. The van der Waals surface area contributed by atoms with E-state index in [1.165, 1.54) is 4.90 Å². The highest BCUT2D eigenvalue weighted by atomic mass is 16.6. The summed E-state index contributed by atoms with van der Waals surface area (Å²) in [6.45, 7) is 5.63. The van der Waals surface area contributed by atoms with Crippen molar-refractivity contribution in [3.8, 4) is 0 Å². The number of ether oxygens (including phenoxy) is 1. The minimum Gasteiger partial charge on any atom is -0.480 e. The first-order valence-electron chi connectivity index (χ1n) is 5.64. The molecule has 6 heteroatoms. The molecule has 2 N–H and O–H groups in total. The van der Waals surface area contributed by atoms with Crippen molar-refractivity contribution in [1.82, 2.24) is 10.2 Å². The molecule has 6 nitrogen and oxygen atoms in total. The first-order chi connectivity index (χ1) is 7.74. The Morgan fingerprint density at radius 2 is 2.00 bits per heavy atom. The van der Waals surface area contributed by atoms with Crippen LogP contribution >= 0.6 is 0 Å². The van der Waals surface area contributed by atoms with Crippen molar-refractivity contribution in [3.05, 3.63) is 0 Å². The van der Waals surface area contributed by atoms with Crippen LogP contribution in [0, 0.1) is 0 Å². The summed E-state index contributed by atoms with van der Waals surface area (Å²) in [5, 5.41) is 12.1. The zero-order valence-electron chi connectivity index (χ0n) is 10.7. The molecule has 1 fully saturated rings. The minimum atomic E-state index is -0.992. The standard InChI is InChI=1S/C11H20N2O4/c1-11(2,3)17-10(16)13-6-7(12-4)5-8(13)9(14)15/h7-8,12H,5-6H2,1-4H3,(H,14,15)/t7-,8-/m1/s1. The van der Waals surface area contributed by atoms with Crippen LogP contribution in [0.15, 0.2) is 0 Å². The first-order valence-corrected chi connectivity index (χ1v) is 5.64. The average molecular weight is 244 g/mol. The third-order valence-corrected chi connectivity index (χ3v) is 2.62. The number of carboxylic acid groups (broad SMARTS) is 1. The minimum absolute atomic E-state index is 0.00335. The van der Waals surface area contributed by atoms with E-state index < -0.39 is 23.7 Å². The molecule has 0 aromatic carbocycles. The van der Waals surface area contributed by atoms with Gasteiger partial charge in [0.1, 0.15) is 11.6 Å². The van der Waals surface area contributed by atoms with Crippen LogP contribution < -0.4 is 5.32 Å². The Morgan fingerprint density at radius 1 is 1.41 bits per heavy atom. The third-order valence-electron chi connectivity index (χ3n) is 2.62. The summed E-state index contributed by atoms with van der Waals surface area (Å²) >= 11 is 0. The van der Waals surface area contributed by atoms with Gasteiger partial charge in [-0.3, -0.25) is 4.90 Å². The van der Waals surface area contributed by atoms with Crippen LogP contribution in [0.4, 0.5) is 4.79 Å². The second kappa shape index (κ2) is 4.91. The van der Waals surface area contributed by atoms with E-state index in [2.05, 4.69) is 5.32 Å². The Kier molecular flexibility index (Phi) is 3.98. The van der Waals surface area contributed by atoms with Crippen LogP contribution in [-0.2, 0) is 9.53 Å². The maximum absolute atomic E-state index is 11.8. The van der Waals surface area contributed by atoms with E-state index in [0.29, 0.717) is 13.0 Å². The van der Waals surface area contributed by atoms with Crippen molar-refractivity contribution in [2.24, 2.45) is 0 Å². The fourth-order valence-corrected chi connectivity index (χ4v) is 1.80. The third kappa shape index (κ3) is 3.59. The van der Waals surface area contributed by atoms with Gasteiger partial charge in [-0.2, -0.15) is 0 Å². The predicted octanol–water partition coefficient (Wildman–Crippen LogP) is 0.668. The Labute approximate surface area is 101 Å². The van der Waals surface area contributed by atoms with Gasteiger partial charge in [-0.05, 0) is 34.2 Å². The van der Waals surface area contributed by atoms with Crippen LogP contribution in [0.2, 0.25) is 0 Å². The Bertz CT molecular complexity index is 311. The van der Waals surface area contributed by atoms with Gasteiger partial charge < -0.3 is 15.2 Å². The van der Waals surface area contributed by atoms with Crippen LogP contribution in [0.3, 0.4) is 0 Å². The molecule has 1 amide bonds. The fraction of sp³-hybridized carbons (Fsp3) is 0.818. The quantitative estimate of drug-likeness (QED) is 0.746. The number of nitrogens with one attached hydrogen (secondary N) is 1. The number of likely N-dealkylation sites (N-methyl/N-ethyl adjacent to an activating group) is 1. The smallest absolute Gasteiger partial charge is 0.411 e. The van der Waals surface area contributed by atoms with Gasteiger partial charge in [0.15, 0.2) is 0 Å². The number of carbonyl (C=O) groups is 2. The largest absolute Gasteiger partial charge is 0.480 e. The molecule has 0 aromatic rings. The predicted molar refractivity (Wildman–Crippen MR) is 61.8 cm³/mol. The van der Waals surface area contributed by atoms with Gasteiger partial charge in [-0.25, -0.2) is 9.59 Å². The number of carbonyl (C=O) groups excluding carboxylic acids is 1. The maximum Gasteiger partial charge on any atom is 0.411 e. The normalized spacial score (nSPS) is 24.8. The highest BCUT2D eigenvalue weighted by Crippen LogP contribution is 2.21. The summed E-state index contributed by atoms with van der Waals surface area (Å²) in [7, 11) is 1.75. The van der Waals surface area contributed by atoms with Crippen LogP contribution in [0.5, 0.6) is 0 Å². The summed E-state index contributed by atoms with van der Waals surface area (Å²) in [5.41, 5.74) is -0.613. The number of nitrogens with zero attached hydrogens (tertiary/aromatic N) is 1. The summed E-state index contributed by atoms with van der Waals surface area (Å²) in [6, 6.07) is -0.800. The first kappa shape index (κ1) is 13.8. The number of hydrogen-bond donors (Lipinski definition) is 2. The monoisotopic (exact) mass is 244 g/mol. The Hall–Kier alpha value is -1.30. The van der Waals surface area contributed by atoms with E-state index in [1.54, 1.807) is 27.8 Å². The van der Waals surface area contributed by atoms with Gasteiger partial charge in [0.2, 0.25) is 0 Å². The van der Waals surface area contributed by atoms with Gasteiger partial charge in [-0.15, -0.1) is 0 Å². The van der Waals surface area contributed by atoms with Crippen LogP contribution in [-0.4, -0.2) is 53.3 Å². The average Bonchev–Trinajstić information content (AvgIpc) is 2.58. The molecule has 17 heavy (non-hydrogen) atoms. The van der Waals surface area contributed by atoms with Crippen LogP contribution in [0.1, 0.15) is 27.2 Å². The van der Waals surface area contributed by atoms with Crippen molar-refractivity contribution in [3.63, 3.8) is 0 Å². The number of aliphatic carboxylic acids is 1. The molecular weight excluding hydrogens is 224 g/mol. The number of amides is 1. The molecule has 0 radical (unpaired) electrons. The molecule has 0 aromatic heterocycles. The molecule has 98 valence electrons. The molecule has 1 heterocycles. The lowest BCUT2D eigenvalue weighted by Crippen LogP contribution is -2.43. The van der Waals surface area contributed by atoms with E-state index in [-0.39, 0.29) is 6.04 Å². The van der Waals surface area contributed by atoms with Gasteiger partial charge >= 0.3 is 12.1 Å². The van der Waals surface area contributed by atoms with Gasteiger partial charge in [0, 0.05) is 12.6 Å². The highest BCUT2D eigenvalue weighted by molar-refractivity contribution is 5.81. The van der Waals surface area contributed by atoms with E-state index >= 15 is 0 Å². The summed E-state index contributed by atoms with van der Waals surface area (Å²) < 4.78 is 5.19. The molecule has 0 bridgehead atoms. The molecule has 0 spiro atoms. The molecular formula is C11H20N2O4. The lowest BCUT2D eigenvalue weighted by Gasteiger charge is -2.26. The molecule has 2 atom stereocenters. The number of carboxylic acids is 1. The molecule has 0 saturated carbocycles. The lowest BCUT2D eigenvalue weighted by atomic mass is 10.2. The Morgan fingerprint density at radius 3 is 2.41 bits per heavy atom. The molecule has 1 rings (SSSR count). The molecule has 1 aliphatic rings. The second-order valence-corrected chi connectivity index (χ2v) is 5.21. The van der Waals surface area contributed by atoms with Gasteiger partial charge in [0.25, 0.3) is 0 Å². The SMILES string of the molecule is CN[C@@H]1C[C@H](C(=O)O)N(C(=O)OC(C)(C)C)C1. The summed E-state index contributed by atoms with van der Waals surface area (Å²) in [5.74, 6) is -0.992. The summed E-state index contributed by atoms with van der Waals surface area (Å²) in [4.78, 5) is 24.2. The van der Waals surface area contributed by atoms with Crippen molar-refractivity contribution in [1.29, 1.82) is 0 Å². The van der Waals surface area contributed by atoms with Crippen molar-refractivity contribution in [2.45, 2.75) is 44.9 Å². The van der Waals surface area contributed by atoms with Crippen molar-refractivity contribution in [2.75, 3.05) is 13.6 Å². The van der Waals surface area contributed by atoms with E-state index in [0.717, 1.165) is 0 Å². The molecule has 0 aliphatic carbocycles. The van der Waals surface area contributed by atoms with E-state index in [9.17, 15) is 9.59 Å². The molecule has 0 unspecified atom stereocenters. The van der Waals surface area contributed by atoms with Crippen LogP contribution in [0.25, 0.3) is 0 Å². The van der Waals surface area contributed by atoms with Gasteiger partial charge in [0.05, 0.1) is 0 Å².